The first kappa shape index (κ1) is 16.6. The van der Waals surface area contributed by atoms with Gasteiger partial charge in [0, 0.05) is 34.2 Å². The molecule has 2 heterocycles. The minimum Gasteiger partial charge on any atom is -0.361 e. The molecule has 134 valence electrons. The summed E-state index contributed by atoms with van der Waals surface area (Å²) >= 11 is 0. The van der Waals surface area contributed by atoms with Crippen molar-refractivity contribution in [3.63, 3.8) is 0 Å². The number of para-hydroxylation sites is 2. The summed E-state index contributed by atoms with van der Waals surface area (Å²) in [5.74, 6) is -1.06. The van der Waals surface area contributed by atoms with Gasteiger partial charge in [0.1, 0.15) is 5.56 Å². The molecule has 0 saturated heterocycles. The molecule has 4 N–H and O–H groups in total. The van der Waals surface area contributed by atoms with E-state index in [1.54, 1.807) is 30.5 Å². The van der Waals surface area contributed by atoms with Gasteiger partial charge in [0.2, 0.25) is 11.3 Å². The van der Waals surface area contributed by atoms with Crippen molar-refractivity contribution in [1.82, 2.24) is 20.8 Å². The van der Waals surface area contributed by atoms with Gasteiger partial charge in [-0.25, -0.2) is 0 Å². The average molecular weight is 360 g/mol. The van der Waals surface area contributed by atoms with E-state index >= 15 is 0 Å². The smallest absolute Gasteiger partial charge is 0.275 e. The predicted molar refractivity (Wildman–Crippen MR) is 102 cm³/mol. The fourth-order valence-corrected chi connectivity index (χ4v) is 3.03. The maximum absolute atomic E-state index is 12.4. The molecule has 2 aromatic carbocycles. The zero-order chi connectivity index (χ0) is 18.8. The van der Waals surface area contributed by atoms with Gasteiger partial charge >= 0.3 is 0 Å². The third kappa shape index (κ3) is 3.18. The Kier molecular flexibility index (Phi) is 4.18. The molecular weight excluding hydrogens is 344 g/mol. The molecule has 4 aromatic rings. The quantitative estimate of drug-likeness (QED) is 0.420. The highest BCUT2D eigenvalue weighted by Gasteiger charge is 2.14. The maximum atomic E-state index is 12.4. The van der Waals surface area contributed by atoms with Crippen molar-refractivity contribution in [1.29, 1.82) is 0 Å². The molecule has 0 fully saturated rings. The number of fused-ring (bicyclic) bond motifs is 2. The van der Waals surface area contributed by atoms with E-state index in [1.807, 2.05) is 24.3 Å². The van der Waals surface area contributed by atoms with Crippen LogP contribution in [0.15, 0.2) is 65.7 Å². The summed E-state index contributed by atoms with van der Waals surface area (Å²) in [6, 6.07) is 14.6. The lowest BCUT2D eigenvalue weighted by molar-refractivity contribution is -0.121. The molecule has 0 unspecified atom stereocenters. The summed E-state index contributed by atoms with van der Waals surface area (Å²) in [6.07, 6.45) is 3.20. The largest absolute Gasteiger partial charge is 0.361 e. The molecule has 0 spiro atoms. The normalized spacial score (nSPS) is 10.8. The van der Waals surface area contributed by atoms with Gasteiger partial charge in [-0.3, -0.25) is 25.2 Å². The number of pyridine rings is 1. The number of aromatic amines is 2. The van der Waals surface area contributed by atoms with Gasteiger partial charge in [-0.15, -0.1) is 0 Å². The predicted octanol–water partition coefficient (Wildman–Crippen LogP) is 2.01. The molecule has 0 aliphatic rings. The highest BCUT2D eigenvalue weighted by atomic mass is 16.2. The van der Waals surface area contributed by atoms with Crippen LogP contribution < -0.4 is 16.3 Å². The summed E-state index contributed by atoms with van der Waals surface area (Å²) in [5, 5.41) is 1.36. The van der Waals surface area contributed by atoms with E-state index in [9.17, 15) is 14.4 Å². The molecule has 7 nitrogen and oxygen atoms in total. The zero-order valence-electron chi connectivity index (χ0n) is 14.2. The second-order valence-electron chi connectivity index (χ2n) is 6.12. The number of aromatic nitrogens is 2. The molecule has 0 radical (unpaired) electrons. The number of rotatable bonds is 3. The van der Waals surface area contributed by atoms with E-state index in [1.165, 1.54) is 6.20 Å². The van der Waals surface area contributed by atoms with E-state index in [2.05, 4.69) is 20.8 Å². The maximum Gasteiger partial charge on any atom is 0.275 e. The summed E-state index contributed by atoms with van der Waals surface area (Å²) in [5.41, 5.74) is 6.58. The number of nitrogens with one attached hydrogen (secondary N) is 4. The second-order valence-corrected chi connectivity index (χ2v) is 6.12. The van der Waals surface area contributed by atoms with Crippen LogP contribution >= 0.6 is 0 Å². The van der Waals surface area contributed by atoms with Gasteiger partial charge in [0.05, 0.1) is 6.42 Å². The van der Waals surface area contributed by atoms with E-state index < -0.39 is 11.3 Å². The highest BCUT2D eigenvalue weighted by molar-refractivity contribution is 5.98. The number of benzene rings is 2. The van der Waals surface area contributed by atoms with Crippen LogP contribution in [0.25, 0.3) is 21.8 Å². The Morgan fingerprint density at radius 3 is 2.22 bits per heavy atom. The van der Waals surface area contributed by atoms with Crippen molar-refractivity contribution < 1.29 is 9.59 Å². The van der Waals surface area contributed by atoms with Crippen LogP contribution in [0.3, 0.4) is 0 Å². The summed E-state index contributed by atoms with van der Waals surface area (Å²) in [6.45, 7) is 0. The Bertz CT molecular complexity index is 1220. The second kappa shape index (κ2) is 6.80. The minimum atomic E-state index is -0.672. The molecule has 27 heavy (non-hydrogen) atoms. The fourth-order valence-electron chi connectivity index (χ4n) is 3.03. The molecule has 0 aliphatic carbocycles. The van der Waals surface area contributed by atoms with Crippen molar-refractivity contribution in [2.24, 2.45) is 0 Å². The van der Waals surface area contributed by atoms with Gasteiger partial charge in [0.25, 0.3) is 5.91 Å². The van der Waals surface area contributed by atoms with E-state index in [0.29, 0.717) is 10.9 Å². The van der Waals surface area contributed by atoms with Gasteiger partial charge in [-0.05, 0) is 23.8 Å². The fraction of sp³-hybridized carbons (Fsp3) is 0.0500. The Labute approximate surface area is 153 Å². The van der Waals surface area contributed by atoms with Crippen LogP contribution in [0.5, 0.6) is 0 Å². The lowest BCUT2D eigenvalue weighted by Gasteiger charge is -2.07. The number of hydrogen-bond donors (Lipinski definition) is 4. The van der Waals surface area contributed by atoms with E-state index in [0.717, 1.165) is 16.5 Å². The van der Waals surface area contributed by atoms with Crippen molar-refractivity contribution in [3.05, 3.63) is 82.3 Å². The third-order valence-electron chi connectivity index (χ3n) is 4.37. The van der Waals surface area contributed by atoms with E-state index in [-0.39, 0.29) is 17.9 Å². The lowest BCUT2D eigenvalue weighted by Crippen LogP contribution is -2.43. The molecule has 0 atom stereocenters. The molecule has 7 heteroatoms. The Balaban J connectivity index is 1.45. The first-order chi connectivity index (χ1) is 13.1. The van der Waals surface area contributed by atoms with Crippen molar-refractivity contribution >= 4 is 33.6 Å². The molecule has 0 saturated carbocycles. The molecule has 0 bridgehead atoms. The Hall–Kier alpha value is -3.87. The Morgan fingerprint density at radius 1 is 0.815 bits per heavy atom. The van der Waals surface area contributed by atoms with E-state index in [4.69, 9.17) is 0 Å². The first-order valence-electron chi connectivity index (χ1n) is 8.38. The number of carbonyl (C=O) groups is 2. The summed E-state index contributed by atoms with van der Waals surface area (Å²) in [4.78, 5) is 42.9. The van der Waals surface area contributed by atoms with Crippen LogP contribution in [0, 0.1) is 0 Å². The SMILES string of the molecule is O=C(Cc1c[nH]c2ccccc12)NNC(=O)c1c[nH]c2ccccc2c1=O. The van der Waals surface area contributed by atoms with Gasteiger partial charge < -0.3 is 9.97 Å². The zero-order valence-corrected chi connectivity index (χ0v) is 14.2. The van der Waals surface area contributed by atoms with Crippen LogP contribution in [0.4, 0.5) is 0 Å². The Morgan fingerprint density at radius 2 is 1.44 bits per heavy atom. The van der Waals surface area contributed by atoms with Crippen LogP contribution in [0.1, 0.15) is 15.9 Å². The number of carbonyl (C=O) groups excluding carboxylic acids is 2. The minimum absolute atomic E-state index is 0.0684. The molecule has 2 aromatic heterocycles. The summed E-state index contributed by atoms with van der Waals surface area (Å²) in [7, 11) is 0. The number of H-pyrrole nitrogens is 2. The highest BCUT2D eigenvalue weighted by Crippen LogP contribution is 2.17. The number of hydrazine groups is 1. The standard InChI is InChI=1S/C20H16N4O3/c25-18(9-12-10-21-16-7-3-1-5-13(12)16)23-24-20(27)15-11-22-17-8-4-2-6-14(17)19(15)26/h1-8,10-11,21H,9H2,(H,22,26)(H,23,25)(H,24,27). The lowest BCUT2D eigenvalue weighted by atomic mass is 10.1. The molecular formula is C20H16N4O3. The van der Waals surface area contributed by atoms with Crippen molar-refractivity contribution in [3.8, 4) is 0 Å². The van der Waals surface area contributed by atoms with Gasteiger partial charge in [0.15, 0.2) is 0 Å². The topological polar surface area (TPSA) is 107 Å². The van der Waals surface area contributed by atoms with Crippen LogP contribution in [-0.4, -0.2) is 21.8 Å². The van der Waals surface area contributed by atoms with Crippen LogP contribution in [0.2, 0.25) is 0 Å². The molecule has 4 rings (SSSR count). The van der Waals surface area contributed by atoms with Crippen molar-refractivity contribution in [2.75, 3.05) is 0 Å². The van der Waals surface area contributed by atoms with Crippen molar-refractivity contribution in [2.45, 2.75) is 6.42 Å². The number of amides is 2. The number of hydrogen-bond acceptors (Lipinski definition) is 3. The monoisotopic (exact) mass is 360 g/mol. The third-order valence-corrected chi connectivity index (χ3v) is 4.37. The van der Waals surface area contributed by atoms with Gasteiger partial charge in [-0.2, -0.15) is 0 Å². The molecule has 2 amide bonds. The van der Waals surface area contributed by atoms with Crippen LogP contribution in [-0.2, 0) is 11.2 Å². The summed E-state index contributed by atoms with van der Waals surface area (Å²) < 4.78 is 0. The average Bonchev–Trinajstić information content (AvgIpc) is 3.09. The first-order valence-corrected chi connectivity index (χ1v) is 8.38. The van der Waals surface area contributed by atoms with Gasteiger partial charge in [-0.1, -0.05) is 30.3 Å². The molecule has 0 aliphatic heterocycles.